The molecule has 0 aromatic heterocycles. The Balaban J connectivity index is 3.28. The van der Waals surface area contributed by atoms with Crippen molar-refractivity contribution in [2.75, 3.05) is 6.61 Å². The largest absolute Gasteiger partial charge is 0.462 e. The van der Waals surface area contributed by atoms with Crippen molar-refractivity contribution in [1.82, 2.24) is 0 Å². The second-order valence-corrected chi connectivity index (χ2v) is 3.64. The Kier molecular flexibility index (Phi) is 4.60. The highest BCUT2D eigenvalue weighted by molar-refractivity contribution is 6.34. The lowest BCUT2D eigenvalue weighted by atomic mass is 10.1. The summed E-state index contributed by atoms with van der Waals surface area (Å²) in [5.41, 5.74) is 0.970. The first-order valence-electron chi connectivity index (χ1n) is 4.59. The van der Waals surface area contributed by atoms with Crippen LogP contribution in [0, 0.1) is 11.3 Å². The first-order chi connectivity index (χ1) is 7.63. The molecule has 0 radical (unpaired) electrons. The fourth-order valence-electron chi connectivity index (χ4n) is 1.24. The number of nitrogens with zero attached hydrogens (tertiary/aromatic N) is 1. The summed E-state index contributed by atoms with van der Waals surface area (Å²) in [7, 11) is 0. The highest BCUT2D eigenvalue weighted by atomic mass is 35.5. The first-order valence-corrected chi connectivity index (χ1v) is 5.50. The number of benzene rings is 1. The number of nitriles is 1. The third kappa shape index (κ3) is 2.66. The van der Waals surface area contributed by atoms with Crippen molar-refractivity contribution < 1.29 is 9.53 Å². The maximum Gasteiger partial charge on any atom is 0.340 e. The van der Waals surface area contributed by atoms with Crippen LogP contribution in [0.1, 0.15) is 28.4 Å². The van der Waals surface area contributed by atoms with Crippen molar-refractivity contribution in [3.05, 3.63) is 33.8 Å². The quantitative estimate of drug-likeness (QED) is 0.618. The molecular formula is C11H9Cl2NO2. The molecule has 0 saturated heterocycles. The molecule has 0 aliphatic heterocycles. The molecule has 84 valence electrons. The number of hydrogen-bond donors (Lipinski definition) is 0. The van der Waals surface area contributed by atoms with Crippen LogP contribution in [0.25, 0.3) is 0 Å². The van der Waals surface area contributed by atoms with Gasteiger partial charge in [-0.25, -0.2) is 4.79 Å². The van der Waals surface area contributed by atoms with Crippen LogP contribution in [-0.4, -0.2) is 12.6 Å². The van der Waals surface area contributed by atoms with E-state index in [0.29, 0.717) is 5.56 Å². The van der Waals surface area contributed by atoms with Gasteiger partial charge < -0.3 is 4.74 Å². The molecule has 1 aromatic rings. The molecule has 0 saturated carbocycles. The Morgan fingerprint density at radius 1 is 1.56 bits per heavy atom. The van der Waals surface area contributed by atoms with Crippen molar-refractivity contribution in [1.29, 1.82) is 5.26 Å². The van der Waals surface area contributed by atoms with Gasteiger partial charge in [0.15, 0.2) is 0 Å². The molecule has 0 unspecified atom stereocenters. The van der Waals surface area contributed by atoms with Crippen molar-refractivity contribution in [3.63, 3.8) is 0 Å². The van der Waals surface area contributed by atoms with Gasteiger partial charge in [-0.05, 0) is 24.6 Å². The molecule has 3 nitrogen and oxygen atoms in total. The lowest BCUT2D eigenvalue weighted by molar-refractivity contribution is 0.0526. The van der Waals surface area contributed by atoms with Crippen LogP contribution in [0.3, 0.4) is 0 Å². The van der Waals surface area contributed by atoms with Crippen LogP contribution in [0.2, 0.25) is 5.02 Å². The molecule has 0 atom stereocenters. The normalized spacial score (nSPS) is 9.62. The first kappa shape index (κ1) is 12.8. The molecule has 1 aromatic carbocycles. The van der Waals surface area contributed by atoms with Gasteiger partial charge in [-0.1, -0.05) is 11.6 Å². The van der Waals surface area contributed by atoms with Crippen LogP contribution >= 0.6 is 23.2 Å². The second-order valence-electron chi connectivity index (χ2n) is 2.97. The van der Waals surface area contributed by atoms with Gasteiger partial charge >= 0.3 is 5.97 Å². The minimum Gasteiger partial charge on any atom is -0.462 e. The summed E-state index contributed by atoms with van der Waals surface area (Å²) in [5.74, 6) is -0.359. The predicted molar refractivity (Wildman–Crippen MR) is 61.7 cm³/mol. The number of alkyl halides is 1. The van der Waals surface area contributed by atoms with E-state index in [4.69, 9.17) is 33.2 Å². The van der Waals surface area contributed by atoms with Gasteiger partial charge in [0.25, 0.3) is 0 Å². The zero-order valence-corrected chi connectivity index (χ0v) is 10.1. The molecular weight excluding hydrogens is 249 g/mol. The van der Waals surface area contributed by atoms with Crippen molar-refractivity contribution >= 4 is 29.2 Å². The number of halogens is 2. The summed E-state index contributed by atoms with van der Waals surface area (Å²) < 4.78 is 4.82. The SMILES string of the molecule is CCOC(=O)c1c(Cl)cc(CCl)cc1C#N. The number of carbonyl (C=O) groups is 1. The molecule has 0 heterocycles. The lowest BCUT2D eigenvalue weighted by Crippen LogP contribution is -2.08. The fraction of sp³-hybridized carbons (Fsp3) is 0.273. The summed E-state index contributed by atoms with van der Waals surface area (Å²) in [5, 5.41) is 9.11. The van der Waals surface area contributed by atoms with E-state index in [-0.39, 0.29) is 28.6 Å². The van der Waals surface area contributed by atoms with Gasteiger partial charge in [0.05, 0.1) is 22.8 Å². The van der Waals surface area contributed by atoms with E-state index in [1.807, 2.05) is 6.07 Å². The summed E-state index contributed by atoms with van der Waals surface area (Å²) in [4.78, 5) is 11.6. The molecule has 1 rings (SSSR count). The van der Waals surface area contributed by atoms with Gasteiger partial charge in [0, 0.05) is 5.88 Å². The minimum absolute atomic E-state index is 0.0971. The maximum atomic E-state index is 11.6. The smallest absolute Gasteiger partial charge is 0.340 e. The van der Waals surface area contributed by atoms with E-state index in [0.717, 1.165) is 0 Å². The second kappa shape index (κ2) is 5.74. The van der Waals surface area contributed by atoms with Gasteiger partial charge in [-0.15, -0.1) is 11.6 Å². The van der Waals surface area contributed by atoms with Crippen LogP contribution in [0.4, 0.5) is 0 Å². The van der Waals surface area contributed by atoms with Crippen LogP contribution < -0.4 is 0 Å². The van der Waals surface area contributed by atoms with E-state index in [1.165, 1.54) is 6.07 Å². The minimum atomic E-state index is -0.592. The van der Waals surface area contributed by atoms with E-state index < -0.39 is 5.97 Å². The lowest BCUT2D eigenvalue weighted by Gasteiger charge is -2.07. The topological polar surface area (TPSA) is 50.1 Å². The van der Waals surface area contributed by atoms with Crippen molar-refractivity contribution in [3.8, 4) is 6.07 Å². The van der Waals surface area contributed by atoms with E-state index in [2.05, 4.69) is 0 Å². The molecule has 0 amide bonds. The Bertz CT molecular complexity index is 452. The van der Waals surface area contributed by atoms with E-state index >= 15 is 0 Å². The number of carbonyl (C=O) groups excluding carboxylic acids is 1. The van der Waals surface area contributed by atoms with Gasteiger partial charge in [0.2, 0.25) is 0 Å². The zero-order chi connectivity index (χ0) is 12.1. The Morgan fingerprint density at radius 2 is 2.25 bits per heavy atom. The van der Waals surface area contributed by atoms with Crippen LogP contribution in [-0.2, 0) is 10.6 Å². The molecule has 5 heteroatoms. The molecule has 0 aliphatic carbocycles. The highest BCUT2D eigenvalue weighted by Gasteiger charge is 2.17. The maximum absolute atomic E-state index is 11.6. The Labute approximate surface area is 104 Å². The molecule has 16 heavy (non-hydrogen) atoms. The number of hydrogen-bond acceptors (Lipinski definition) is 3. The molecule has 0 aliphatic rings. The van der Waals surface area contributed by atoms with Crippen molar-refractivity contribution in [2.24, 2.45) is 0 Å². The predicted octanol–water partition coefficient (Wildman–Crippen LogP) is 3.13. The average molecular weight is 258 g/mol. The number of ether oxygens (including phenoxy) is 1. The van der Waals surface area contributed by atoms with E-state index in [9.17, 15) is 4.79 Å². The van der Waals surface area contributed by atoms with E-state index in [1.54, 1.807) is 13.0 Å². The van der Waals surface area contributed by atoms with Crippen molar-refractivity contribution in [2.45, 2.75) is 12.8 Å². The number of esters is 1. The molecule has 0 spiro atoms. The van der Waals surface area contributed by atoms with Crippen LogP contribution in [0.5, 0.6) is 0 Å². The number of rotatable bonds is 3. The fourth-order valence-corrected chi connectivity index (χ4v) is 1.71. The third-order valence-electron chi connectivity index (χ3n) is 1.90. The summed E-state index contributed by atoms with van der Waals surface area (Å²) in [6.45, 7) is 1.92. The van der Waals surface area contributed by atoms with Gasteiger partial charge in [-0.3, -0.25) is 0 Å². The molecule has 0 fully saturated rings. The molecule has 0 bridgehead atoms. The highest BCUT2D eigenvalue weighted by Crippen LogP contribution is 2.24. The third-order valence-corrected chi connectivity index (χ3v) is 2.51. The monoisotopic (exact) mass is 257 g/mol. The standard InChI is InChI=1S/C11H9Cl2NO2/c1-2-16-11(15)10-8(6-14)3-7(5-12)4-9(10)13/h3-4H,2,5H2,1H3. The van der Waals surface area contributed by atoms with Gasteiger partial charge in [-0.2, -0.15) is 5.26 Å². The zero-order valence-electron chi connectivity index (χ0n) is 8.59. The van der Waals surface area contributed by atoms with Crippen LogP contribution in [0.15, 0.2) is 12.1 Å². The Hall–Kier alpha value is -1.24. The summed E-state index contributed by atoms with van der Waals surface area (Å²) >= 11 is 11.5. The average Bonchev–Trinajstić information content (AvgIpc) is 2.27. The summed E-state index contributed by atoms with van der Waals surface area (Å²) in [6, 6.07) is 5.00. The molecule has 0 N–H and O–H groups in total. The summed E-state index contributed by atoms with van der Waals surface area (Å²) in [6.07, 6.45) is 0. The van der Waals surface area contributed by atoms with Gasteiger partial charge in [0.1, 0.15) is 6.07 Å². The Morgan fingerprint density at radius 3 is 2.75 bits per heavy atom.